The number of fused-ring (bicyclic) bond motifs is 1. The van der Waals surface area contributed by atoms with E-state index in [1.807, 2.05) is 36.6 Å². The van der Waals surface area contributed by atoms with Crippen molar-refractivity contribution in [3.63, 3.8) is 0 Å². The minimum Gasteiger partial charge on any atom is -0.423 e. The number of anilines is 1. The Morgan fingerprint density at radius 3 is 2.78 bits per heavy atom. The van der Waals surface area contributed by atoms with Crippen molar-refractivity contribution in [1.82, 2.24) is 20.9 Å². The molecule has 1 unspecified atom stereocenters. The van der Waals surface area contributed by atoms with E-state index >= 15 is 0 Å². The normalized spacial score (nSPS) is 17.3. The average Bonchev–Trinajstić information content (AvgIpc) is 3.28. The Labute approximate surface area is 222 Å². The predicted octanol–water partition coefficient (Wildman–Crippen LogP) is 4.47. The van der Waals surface area contributed by atoms with E-state index in [0.717, 1.165) is 12.6 Å². The molecular weight excluding hydrogens is 544 g/mol. The lowest BCUT2D eigenvalue weighted by Gasteiger charge is -2.28. The van der Waals surface area contributed by atoms with Gasteiger partial charge in [-0.1, -0.05) is 36.4 Å². The summed E-state index contributed by atoms with van der Waals surface area (Å²) in [5.41, 5.74) is 4.01. The predicted molar refractivity (Wildman–Crippen MR) is 152 cm³/mol. The number of rotatable bonds is 7. The van der Waals surface area contributed by atoms with Gasteiger partial charge in [-0.2, -0.15) is 4.98 Å². The standard InChI is InChI=1S/C24H29BrN8O2S/c1-6-13(2)12-36-24(28-5)32-21(34)18-14(3)29-22(31-20(18)19(27-4)15(25)11-26)33-23-30-16-9-7-8-10-17(16)35-23/h7-12,20,26-27H,6H2,1-5H3,(H,28,32,34)(H2,29,30,31,33)/b13-12+,19-15+,26-11?. The lowest BCUT2D eigenvalue weighted by atomic mass is 9.99. The number of thioether (sulfide) groups is 1. The van der Waals surface area contributed by atoms with Crippen molar-refractivity contribution < 1.29 is 9.21 Å². The number of amides is 1. The summed E-state index contributed by atoms with van der Waals surface area (Å²) in [6, 6.07) is 6.93. The molecule has 0 saturated heterocycles. The number of amidine groups is 1. The molecular formula is C24H29BrN8O2S. The number of likely N-dealkylation sites (N-methyl/N-ethyl adjacent to an activating group) is 1. The second kappa shape index (κ2) is 12.5. The number of halogens is 1. The maximum Gasteiger partial charge on any atom is 0.302 e. The van der Waals surface area contributed by atoms with Gasteiger partial charge in [-0.05, 0) is 53.7 Å². The molecule has 2 heterocycles. The van der Waals surface area contributed by atoms with Gasteiger partial charge in [-0.15, -0.1) is 0 Å². The van der Waals surface area contributed by atoms with Crippen LogP contribution in [-0.2, 0) is 4.79 Å². The summed E-state index contributed by atoms with van der Waals surface area (Å²) < 4.78 is 6.22. The number of allylic oxidation sites excluding steroid dienone is 3. The van der Waals surface area contributed by atoms with Crippen LogP contribution in [0.1, 0.15) is 27.2 Å². The van der Waals surface area contributed by atoms with Gasteiger partial charge >= 0.3 is 6.01 Å². The molecule has 1 amide bonds. The number of oxazole rings is 1. The van der Waals surface area contributed by atoms with Crippen LogP contribution in [0.15, 0.2) is 71.1 Å². The monoisotopic (exact) mass is 572 g/mol. The molecule has 0 bridgehead atoms. The first-order valence-corrected chi connectivity index (χ1v) is 12.8. The minimum absolute atomic E-state index is 0.262. The molecule has 3 rings (SSSR count). The van der Waals surface area contributed by atoms with Crippen LogP contribution in [0.25, 0.3) is 11.1 Å². The minimum atomic E-state index is -0.755. The summed E-state index contributed by atoms with van der Waals surface area (Å²) >= 11 is 4.75. The molecule has 0 aliphatic carbocycles. The molecule has 10 nitrogen and oxygen atoms in total. The van der Waals surface area contributed by atoms with Crippen molar-refractivity contribution in [2.24, 2.45) is 9.98 Å². The molecule has 0 saturated carbocycles. The summed E-state index contributed by atoms with van der Waals surface area (Å²) in [5, 5.41) is 22.3. The van der Waals surface area contributed by atoms with Gasteiger partial charge in [0, 0.05) is 26.0 Å². The molecule has 0 spiro atoms. The van der Waals surface area contributed by atoms with Crippen LogP contribution in [0.3, 0.4) is 0 Å². The molecule has 36 heavy (non-hydrogen) atoms. The SMILES string of the molecule is CC/C(C)=C/S/C(=N\C)NC(=O)C1=C(C)NC(Nc2nc3ccccc3o2)=NC1/C(NC)=C(\Br)C=N. The number of aliphatic imine (C=N–C) groups is 2. The van der Waals surface area contributed by atoms with Gasteiger partial charge in [0.25, 0.3) is 5.91 Å². The Bertz CT molecular complexity index is 1280. The number of para-hydroxylation sites is 2. The fraction of sp³-hybridized carbons (Fsp3) is 0.292. The van der Waals surface area contributed by atoms with Crippen molar-refractivity contribution in [3.05, 3.63) is 56.7 Å². The zero-order chi connectivity index (χ0) is 26.2. The molecule has 0 fully saturated rings. The Hall–Kier alpha value is -3.38. The fourth-order valence-electron chi connectivity index (χ4n) is 3.28. The maximum absolute atomic E-state index is 13.4. The third-order valence-corrected chi connectivity index (χ3v) is 6.97. The molecule has 1 aromatic carbocycles. The molecule has 12 heteroatoms. The molecule has 1 aromatic heterocycles. The summed E-state index contributed by atoms with van der Waals surface area (Å²) in [5.74, 6) is -0.0118. The van der Waals surface area contributed by atoms with E-state index in [-0.39, 0.29) is 11.9 Å². The fourth-order valence-corrected chi connectivity index (χ4v) is 4.43. The molecule has 190 valence electrons. The van der Waals surface area contributed by atoms with Gasteiger partial charge in [0.1, 0.15) is 11.6 Å². The van der Waals surface area contributed by atoms with E-state index < -0.39 is 6.04 Å². The smallest absolute Gasteiger partial charge is 0.302 e. The van der Waals surface area contributed by atoms with E-state index in [4.69, 9.17) is 14.8 Å². The van der Waals surface area contributed by atoms with Crippen LogP contribution >= 0.6 is 27.7 Å². The van der Waals surface area contributed by atoms with Gasteiger partial charge in [0.2, 0.25) is 5.96 Å². The molecule has 5 N–H and O–H groups in total. The Kier molecular flexibility index (Phi) is 9.48. The second-order valence-corrected chi connectivity index (χ2v) is 9.44. The van der Waals surface area contributed by atoms with Gasteiger partial charge in [-0.25, -0.2) is 4.99 Å². The van der Waals surface area contributed by atoms with Crippen molar-refractivity contribution in [1.29, 1.82) is 5.41 Å². The summed E-state index contributed by atoms with van der Waals surface area (Å²) in [6.45, 7) is 5.87. The van der Waals surface area contributed by atoms with Gasteiger partial charge in [-0.3, -0.25) is 15.1 Å². The van der Waals surface area contributed by atoms with Crippen LogP contribution in [0.4, 0.5) is 6.01 Å². The lowest BCUT2D eigenvalue weighted by Crippen LogP contribution is -2.44. The van der Waals surface area contributed by atoms with Gasteiger partial charge in [0.15, 0.2) is 10.8 Å². The quantitative estimate of drug-likeness (QED) is 0.243. The largest absolute Gasteiger partial charge is 0.423 e. The molecule has 1 aliphatic rings. The van der Waals surface area contributed by atoms with E-state index in [0.29, 0.717) is 43.7 Å². The van der Waals surface area contributed by atoms with Crippen LogP contribution in [0.2, 0.25) is 0 Å². The van der Waals surface area contributed by atoms with Crippen LogP contribution in [0.5, 0.6) is 0 Å². The number of nitrogens with one attached hydrogen (secondary N) is 5. The second-order valence-electron chi connectivity index (χ2n) is 7.73. The Balaban J connectivity index is 1.94. The number of carbonyl (C=O) groups excluding carboxylic acids is 1. The van der Waals surface area contributed by atoms with Crippen LogP contribution in [-0.4, -0.2) is 48.4 Å². The maximum atomic E-state index is 13.4. The lowest BCUT2D eigenvalue weighted by molar-refractivity contribution is -0.116. The highest BCUT2D eigenvalue weighted by Crippen LogP contribution is 2.26. The highest BCUT2D eigenvalue weighted by atomic mass is 79.9. The number of hydrogen-bond acceptors (Lipinski definition) is 10. The van der Waals surface area contributed by atoms with E-state index in [1.54, 1.807) is 21.0 Å². The van der Waals surface area contributed by atoms with Gasteiger partial charge in [0.05, 0.1) is 15.8 Å². The van der Waals surface area contributed by atoms with Crippen molar-refractivity contribution in [2.75, 3.05) is 19.4 Å². The summed E-state index contributed by atoms with van der Waals surface area (Å²) in [4.78, 5) is 26.8. The van der Waals surface area contributed by atoms with Crippen molar-refractivity contribution in [3.8, 4) is 0 Å². The number of nitrogens with zero attached hydrogens (tertiary/aromatic N) is 3. The van der Waals surface area contributed by atoms with E-state index in [1.165, 1.54) is 17.3 Å². The molecule has 2 aromatic rings. The molecule has 0 radical (unpaired) electrons. The highest BCUT2D eigenvalue weighted by Gasteiger charge is 2.32. The third kappa shape index (κ3) is 6.43. The van der Waals surface area contributed by atoms with E-state index in [9.17, 15) is 4.79 Å². The number of aromatic nitrogens is 1. The summed E-state index contributed by atoms with van der Waals surface area (Å²) in [7, 11) is 3.34. The molecule has 1 aliphatic heterocycles. The Morgan fingerprint density at radius 1 is 1.39 bits per heavy atom. The van der Waals surface area contributed by atoms with Gasteiger partial charge < -0.3 is 25.8 Å². The number of benzene rings is 1. The summed E-state index contributed by atoms with van der Waals surface area (Å²) in [6.07, 6.45) is 2.06. The number of hydrogen-bond donors (Lipinski definition) is 5. The van der Waals surface area contributed by atoms with Crippen molar-refractivity contribution >= 4 is 68.1 Å². The number of guanidine groups is 1. The average molecular weight is 574 g/mol. The highest BCUT2D eigenvalue weighted by molar-refractivity contribution is 9.12. The third-order valence-electron chi connectivity index (χ3n) is 5.29. The van der Waals surface area contributed by atoms with Crippen LogP contribution < -0.4 is 21.3 Å². The first kappa shape index (κ1) is 27.2. The van der Waals surface area contributed by atoms with E-state index in [2.05, 4.69) is 54.1 Å². The number of carbonyl (C=O) groups is 1. The first-order chi connectivity index (χ1) is 17.3. The first-order valence-electron chi connectivity index (χ1n) is 11.2. The zero-order valence-electron chi connectivity index (χ0n) is 20.7. The topological polar surface area (TPSA) is 140 Å². The van der Waals surface area contributed by atoms with Crippen LogP contribution in [0, 0.1) is 5.41 Å². The Morgan fingerprint density at radius 2 is 2.14 bits per heavy atom. The van der Waals surface area contributed by atoms with Crippen molar-refractivity contribution in [2.45, 2.75) is 33.2 Å². The molecule has 1 atom stereocenters. The zero-order valence-corrected chi connectivity index (χ0v) is 23.1.